The molecule has 0 saturated carbocycles. The van der Waals surface area contributed by atoms with E-state index in [9.17, 15) is 19.5 Å². The third-order valence-electron chi connectivity index (χ3n) is 13.6. The number of carbonyl (C=O) groups excluding carboxylic acids is 2. The fraction of sp³-hybridized carbons (Fsp3) is 0.635. The molecule has 0 fully saturated rings. The number of rotatable bonds is 59. The average molecular weight is 1150 g/mol. The predicted molar refractivity (Wildman–Crippen MR) is 354 cm³/mol. The van der Waals surface area contributed by atoms with E-state index >= 15 is 0 Å². The van der Waals surface area contributed by atoms with Gasteiger partial charge in [-0.2, -0.15) is 0 Å². The number of unbranched alkanes of at least 4 members (excludes halogenated alkanes) is 20. The van der Waals surface area contributed by atoms with E-state index in [1.54, 1.807) is 0 Å². The molecule has 0 aromatic carbocycles. The summed E-state index contributed by atoms with van der Waals surface area (Å²) >= 11 is 0. The van der Waals surface area contributed by atoms with Crippen LogP contribution in [0.4, 0.5) is 0 Å². The highest BCUT2D eigenvalue weighted by atomic mass is 16.7. The molecule has 0 bridgehead atoms. The molecule has 0 heterocycles. The number of carboxylic acid groups (broad SMARTS) is 1. The lowest BCUT2D eigenvalue weighted by Gasteiger charge is -2.25. The zero-order chi connectivity index (χ0) is 60.5. The second-order valence-corrected chi connectivity index (χ2v) is 22.7. The molecule has 0 aromatic heterocycles. The van der Waals surface area contributed by atoms with E-state index < -0.39 is 24.3 Å². The van der Waals surface area contributed by atoms with Gasteiger partial charge in [0.2, 0.25) is 0 Å². The minimum atomic E-state index is -1.53. The Morgan fingerprint density at radius 3 is 0.964 bits per heavy atom. The summed E-state index contributed by atoms with van der Waals surface area (Å²) in [5.41, 5.74) is 0. The molecule has 0 aliphatic rings. The predicted octanol–water partition coefficient (Wildman–Crippen LogP) is 20.3. The van der Waals surface area contributed by atoms with Crippen molar-refractivity contribution in [3.05, 3.63) is 146 Å². The number of ether oxygens (including phenoxy) is 4. The lowest BCUT2D eigenvalue weighted by molar-refractivity contribution is -0.870. The zero-order valence-corrected chi connectivity index (χ0v) is 53.5. The fourth-order valence-corrected chi connectivity index (χ4v) is 8.61. The van der Waals surface area contributed by atoms with Crippen LogP contribution in [0.2, 0.25) is 0 Å². The highest BCUT2D eigenvalue weighted by Gasteiger charge is 2.25. The zero-order valence-electron chi connectivity index (χ0n) is 53.5. The second kappa shape index (κ2) is 63.2. The minimum Gasteiger partial charge on any atom is -0.477 e. The van der Waals surface area contributed by atoms with Crippen molar-refractivity contribution in [1.29, 1.82) is 0 Å². The average Bonchev–Trinajstić information content (AvgIpc) is 3.46. The monoisotopic (exact) mass is 1150 g/mol. The maximum atomic E-state index is 12.9. The van der Waals surface area contributed by atoms with Gasteiger partial charge in [0.25, 0.3) is 6.29 Å². The number of quaternary nitrogens is 1. The van der Waals surface area contributed by atoms with Gasteiger partial charge >= 0.3 is 17.9 Å². The Kier molecular flexibility index (Phi) is 59.5. The summed E-state index contributed by atoms with van der Waals surface area (Å²) in [6.07, 6.45) is 89.4. The smallest absolute Gasteiger partial charge is 0.361 e. The highest BCUT2D eigenvalue weighted by molar-refractivity contribution is 5.71. The molecule has 83 heavy (non-hydrogen) atoms. The van der Waals surface area contributed by atoms with Crippen molar-refractivity contribution < 1.29 is 42.9 Å². The van der Waals surface area contributed by atoms with Crippen LogP contribution in [0.15, 0.2) is 146 Å². The molecule has 0 rings (SSSR count). The van der Waals surface area contributed by atoms with Crippen LogP contribution in [0, 0.1) is 0 Å². The van der Waals surface area contributed by atoms with Crippen LogP contribution in [0.25, 0.3) is 0 Å². The van der Waals surface area contributed by atoms with Crippen molar-refractivity contribution in [2.45, 2.75) is 257 Å². The molecular weight excluding hydrogens is 1030 g/mol. The molecule has 0 saturated heterocycles. The van der Waals surface area contributed by atoms with E-state index in [1.165, 1.54) is 83.5 Å². The Hall–Kier alpha value is -4.83. The Balaban J connectivity index is 4.22. The second-order valence-electron chi connectivity index (χ2n) is 22.7. The van der Waals surface area contributed by atoms with Crippen LogP contribution in [0.3, 0.4) is 0 Å². The topological polar surface area (TPSA) is 108 Å². The molecule has 2 unspecified atom stereocenters. The summed E-state index contributed by atoms with van der Waals surface area (Å²) in [4.78, 5) is 37.6. The Labute approximate surface area is 509 Å². The van der Waals surface area contributed by atoms with Crippen LogP contribution in [-0.4, -0.2) is 87.4 Å². The number of carbonyl (C=O) groups is 3. The first-order valence-electron chi connectivity index (χ1n) is 33.0. The van der Waals surface area contributed by atoms with Crippen LogP contribution in [0.1, 0.15) is 245 Å². The molecular formula is C74H122NO8+. The van der Waals surface area contributed by atoms with Gasteiger partial charge in [-0.25, -0.2) is 4.79 Å². The molecule has 470 valence electrons. The van der Waals surface area contributed by atoms with Gasteiger partial charge in [0, 0.05) is 12.8 Å². The van der Waals surface area contributed by atoms with Gasteiger partial charge in [-0.15, -0.1) is 0 Å². The van der Waals surface area contributed by atoms with Crippen molar-refractivity contribution in [2.75, 3.05) is 47.5 Å². The molecule has 0 aliphatic carbocycles. The molecule has 9 nitrogen and oxygen atoms in total. The van der Waals surface area contributed by atoms with E-state index in [0.717, 1.165) is 128 Å². The first-order valence-corrected chi connectivity index (χ1v) is 33.0. The van der Waals surface area contributed by atoms with E-state index in [0.29, 0.717) is 17.4 Å². The number of hydrogen-bond acceptors (Lipinski definition) is 7. The van der Waals surface area contributed by atoms with Gasteiger partial charge in [0.05, 0.1) is 34.4 Å². The molecule has 0 spiro atoms. The van der Waals surface area contributed by atoms with Crippen LogP contribution >= 0.6 is 0 Å². The Morgan fingerprint density at radius 1 is 0.361 bits per heavy atom. The normalized spacial score (nSPS) is 13.7. The molecule has 0 aromatic rings. The first kappa shape index (κ1) is 78.2. The third kappa shape index (κ3) is 64.6. The van der Waals surface area contributed by atoms with Crippen molar-refractivity contribution in [3.8, 4) is 0 Å². The van der Waals surface area contributed by atoms with Crippen LogP contribution in [-0.2, 0) is 33.3 Å². The van der Waals surface area contributed by atoms with Crippen molar-refractivity contribution in [1.82, 2.24) is 0 Å². The maximum Gasteiger partial charge on any atom is 0.361 e. The quantitative estimate of drug-likeness (QED) is 0.0211. The van der Waals surface area contributed by atoms with Gasteiger partial charge in [-0.05, 0) is 116 Å². The summed E-state index contributed by atoms with van der Waals surface area (Å²) in [6.45, 7) is 4.62. The van der Waals surface area contributed by atoms with Crippen LogP contribution < -0.4 is 0 Å². The first-order chi connectivity index (χ1) is 40.6. The number of nitrogens with zero attached hydrogens (tertiary/aromatic N) is 1. The van der Waals surface area contributed by atoms with Gasteiger partial charge in [-0.3, -0.25) is 9.59 Å². The number of hydrogen-bond donors (Lipinski definition) is 1. The summed E-state index contributed by atoms with van der Waals surface area (Å²) < 4.78 is 22.9. The molecule has 9 heteroatoms. The Bertz CT molecular complexity index is 1870. The van der Waals surface area contributed by atoms with E-state index in [2.05, 4.69) is 160 Å². The SMILES string of the molecule is CC/C=C\C/C=C\C/C=C\C/C=C\C/C=C\C/C=C\C/C=C\CCCCCCCC(=O)OC(COC(=O)CCCCCCCCCCCCCCCCC/C=C\C/C=C\C/C=C\C/C=C\C/C=C\CC)COC(OCC[N+](C)(C)C)C(=O)O. The number of carboxylic acids is 1. The number of esters is 2. The summed E-state index contributed by atoms with van der Waals surface area (Å²) in [5, 5.41) is 9.74. The largest absolute Gasteiger partial charge is 0.477 e. The number of allylic oxidation sites excluding steroid dienone is 24. The van der Waals surface area contributed by atoms with Crippen molar-refractivity contribution in [3.63, 3.8) is 0 Å². The molecule has 1 N–H and O–H groups in total. The van der Waals surface area contributed by atoms with Crippen LogP contribution in [0.5, 0.6) is 0 Å². The Morgan fingerprint density at radius 2 is 0.651 bits per heavy atom. The van der Waals surface area contributed by atoms with E-state index in [-0.39, 0.29) is 38.6 Å². The summed E-state index contributed by atoms with van der Waals surface area (Å²) in [7, 11) is 5.96. The summed E-state index contributed by atoms with van der Waals surface area (Å²) in [5.74, 6) is -2.04. The van der Waals surface area contributed by atoms with Crippen molar-refractivity contribution in [2.24, 2.45) is 0 Å². The molecule has 0 radical (unpaired) electrons. The lowest BCUT2D eigenvalue weighted by Crippen LogP contribution is -2.40. The standard InChI is InChI=1S/C74H121NO8/c1-6-8-10-12-14-16-18-20-22-24-26-28-30-32-34-35-36-37-39-40-42-44-46-48-50-52-54-56-58-60-62-64-71(76)81-68-70(69-82-74(73(78)79)80-67-66-75(3,4)5)83-72(77)65-63-61-59-57-55-53-51-49-47-45-43-41-38-33-31-29-27-25-23-21-19-17-15-13-11-9-7-2/h8-11,14-17,20-23,26-29,32-34,38,43,45,49,51,70,74H,6-7,12-13,18-19,24-25,30-31,35-37,39-42,44,46-48,50,52-69H2,1-5H3/p+1/b10-8-,11-9-,16-14-,17-15-,22-20-,23-21-,28-26-,29-27-,34-32-,38-33-,45-43-,51-49-. The van der Waals surface area contributed by atoms with Gasteiger partial charge < -0.3 is 28.5 Å². The molecule has 0 amide bonds. The van der Waals surface area contributed by atoms with Crippen molar-refractivity contribution >= 4 is 17.9 Å². The summed E-state index contributed by atoms with van der Waals surface area (Å²) in [6, 6.07) is 0. The van der Waals surface area contributed by atoms with Gasteiger partial charge in [0.15, 0.2) is 6.10 Å². The molecule has 0 aliphatic heterocycles. The fourth-order valence-electron chi connectivity index (χ4n) is 8.61. The van der Waals surface area contributed by atoms with E-state index in [4.69, 9.17) is 18.9 Å². The van der Waals surface area contributed by atoms with Gasteiger partial charge in [0.1, 0.15) is 13.2 Å². The number of aliphatic carboxylic acids is 1. The third-order valence-corrected chi connectivity index (χ3v) is 13.6. The highest BCUT2D eigenvalue weighted by Crippen LogP contribution is 2.16. The maximum absolute atomic E-state index is 12.9. The minimum absolute atomic E-state index is 0.176. The number of likely N-dealkylation sites (N-methyl/N-ethyl adjacent to an activating group) is 1. The van der Waals surface area contributed by atoms with E-state index in [1.807, 2.05) is 21.1 Å². The van der Waals surface area contributed by atoms with Gasteiger partial charge in [-0.1, -0.05) is 262 Å². The lowest BCUT2D eigenvalue weighted by atomic mass is 10.0. The molecule has 2 atom stereocenters.